The number of hydrogen-bond acceptors (Lipinski definition) is 3. The second kappa shape index (κ2) is 6.89. The Hall–Kier alpha value is -3.33. The molecule has 4 rings (SSSR count). The van der Waals surface area contributed by atoms with Gasteiger partial charge in [-0.05, 0) is 29.8 Å². The summed E-state index contributed by atoms with van der Waals surface area (Å²) in [5, 5.41) is 5.53. The lowest BCUT2D eigenvalue weighted by atomic mass is 10.0. The van der Waals surface area contributed by atoms with Gasteiger partial charge in [-0.15, -0.1) is 0 Å². The van der Waals surface area contributed by atoms with E-state index >= 15 is 0 Å². The van der Waals surface area contributed by atoms with Gasteiger partial charge in [-0.2, -0.15) is 0 Å². The maximum absolute atomic E-state index is 6.01. The minimum atomic E-state index is 0.879. The Morgan fingerprint density at radius 3 is 2.35 bits per heavy atom. The minimum Gasteiger partial charge on any atom is -0.456 e. The lowest BCUT2D eigenvalue weighted by Crippen LogP contribution is -2.08. The molecule has 0 unspecified atom stereocenters. The van der Waals surface area contributed by atoms with E-state index in [1.807, 2.05) is 50.5 Å². The van der Waals surface area contributed by atoms with Crippen molar-refractivity contribution < 1.29 is 4.42 Å². The van der Waals surface area contributed by atoms with Crippen molar-refractivity contribution in [2.75, 3.05) is 14.1 Å². The average Bonchev–Trinajstić information content (AvgIpc) is 3.07. The van der Waals surface area contributed by atoms with Gasteiger partial charge in [0.05, 0.1) is 5.71 Å². The van der Waals surface area contributed by atoms with E-state index < -0.39 is 0 Å². The highest BCUT2D eigenvalue weighted by Gasteiger charge is 2.10. The largest absolute Gasteiger partial charge is 0.456 e. The van der Waals surface area contributed by atoms with Gasteiger partial charge in [0, 0.05) is 36.1 Å². The molecule has 0 fully saturated rings. The van der Waals surface area contributed by atoms with Crippen LogP contribution >= 0.6 is 0 Å². The van der Waals surface area contributed by atoms with Gasteiger partial charge in [0.1, 0.15) is 11.2 Å². The maximum atomic E-state index is 6.01. The van der Waals surface area contributed by atoms with Gasteiger partial charge in [0.25, 0.3) is 0 Å². The molecule has 1 aromatic heterocycles. The molecule has 0 radical (unpaired) electrons. The van der Waals surface area contributed by atoms with Gasteiger partial charge < -0.3 is 9.73 Å². The molecular weight excluding hydrogens is 320 g/mol. The lowest BCUT2D eigenvalue weighted by molar-refractivity contribution is 0.669. The molecule has 1 N–H and O–H groups in total. The van der Waals surface area contributed by atoms with Gasteiger partial charge >= 0.3 is 0 Å². The number of para-hydroxylation sites is 1. The fourth-order valence-electron chi connectivity index (χ4n) is 3.22. The Morgan fingerprint density at radius 1 is 0.846 bits per heavy atom. The third-order valence-corrected chi connectivity index (χ3v) is 4.55. The van der Waals surface area contributed by atoms with Gasteiger partial charge in [-0.3, -0.25) is 4.99 Å². The molecule has 1 heterocycles. The normalized spacial score (nSPS) is 12.7. The second-order valence-corrected chi connectivity index (χ2v) is 6.09. The smallest absolute Gasteiger partial charge is 0.136 e. The molecule has 4 aromatic rings. The first-order chi connectivity index (χ1) is 12.8. The molecule has 0 amide bonds. The molecule has 3 nitrogen and oxygen atoms in total. The highest BCUT2D eigenvalue weighted by Crippen LogP contribution is 2.29. The third kappa shape index (κ3) is 2.88. The number of furan rings is 1. The topological polar surface area (TPSA) is 37.5 Å². The summed E-state index contributed by atoms with van der Waals surface area (Å²) in [7, 11) is 3.74. The Kier molecular flexibility index (Phi) is 4.28. The summed E-state index contributed by atoms with van der Waals surface area (Å²) in [5.41, 5.74) is 5.87. The summed E-state index contributed by atoms with van der Waals surface area (Å²) in [4.78, 5) is 4.49. The molecule has 128 valence electrons. The van der Waals surface area contributed by atoms with Gasteiger partial charge in [0.15, 0.2) is 0 Å². The first kappa shape index (κ1) is 16.2. The number of aliphatic imine (C=N–C) groups is 1. The van der Waals surface area contributed by atoms with Crippen molar-refractivity contribution in [3.8, 4) is 0 Å². The number of benzene rings is 3. The van der Waals surface area contributed by atoms with Gasteiger partial charge in [-0.25, -0.2) is 0 Å². The fourth-order valence-corrected chi connectivity index (χ4v) is 3.22. The highest BCUT2D eigenvalue weighted by molar-refractivity contribution is 6.14. The summed E-state index contributed by atoms with van der Waals surface area (Å²) in [6.45, 7) is 0. The Bertz CT molecular complexity index is 1120. The van der Waals surface area contributed by atoms with Crippen LogP contribution in [0.4, 0.5) is 0 Å². The molecule has 26 heavy (non-hydrogen) atoms. The third-order valence-electron chi connectivity index (χ3n) is 4.55. The number of nitrogens with one attached hydrogen (secondary N) is 1. The molecule has 0 aliphatic rings. The van der Waals surface area contributed by atoms with Crippen molar-refractivity contribution in [2.45, 2.75) is 0 Å². The van der Waals surface area contributed by atoms with E-state index in [2.05, 4.69) is 52.8 Å². The maximum Gasteiger partial charge on any atom is 0.136 e. The molecule has 0 spiro atoms. The van der Waals surface area contributed by atoms with E-state index in [9.17, 15) is 0 Å². The Balaban J connectivity index is 1.79. The lowest BCUT2D eigenvalue weighted by Gasteiger charge is -2.09. The van der Waals surface area contributed by atoms with Crippen LogP contribution in [0.25, 0.3) is 27.6 Å². The second-order valence-electron chi connectivity index (χ2n) is 6.09. The van der Waals surface area contributed by atoms with Crippen molar-refractivity contribution in [3.63, 3.8) is 0 Å². The number of fused-ring (bicyclic) bond motifs is 3. The quantitative estimate of drug-likeness (QED) is 0.514. The molecule has 0 saturated carbocycles. The first-order valence-corrected chi connectivity index (χ1v) is 8.63. The molecule has 0 bridgehead atoms. The van der Waals surface area contributed by atoms with E-state index in [1.54, 1.807) is 0 Å². The van der Waals surface area contributed by atoms with Crippen LogP contribution in [0.15, 0.2) is 88.3 Å². The Labute approximate surface area is 152 Å². The van der Waals surface area contributed by atoms with Crippen LogP contribution in [-0.2, 0) is 0 Å². The van der Waals surface area contributed by atoms with Crippen molar-refractivity contribution in [1.82, 2.24) is 5.32 Å². The standard InChI is InChI=1S/C23H20N2O/c1-24-20(16-8-4-3-5-9-16)15-21(25-2)17-12-13-19-18-10-6-7-11-22(18)26-23(19)14-17/h3-15,24H,1-2H3/b20-15-,25-21?. The fraction of sp³-hybridized carbons (Fsp3) is 0.0870. The number of allylic oxidation sites excluding steroid dienone is 1. The van der Waals surface area contributed by atoms with E-state index in [4.69, 9.17) is 4.42 Å². The van der Waals surface area contributed by atoms with Crippen LogP contribution in [0.2, 0.25) is 0 Å². The first-order valence-electron chi connectivity index (χ1n) is 8.63. The zero-order valence-corrected chi connectivity index (χ0v) is 14.9. The van der Waals surface area contributed by atoms with E-state index in [0.29, 0.717) is 0 Å². The summed E-state index contributed by atoms with van der Waals surface area (Å²) in [5.74, 6) is 0. The summed E-state index contributed by atoms with van der Waals surface area (Å²) >= 11 is 0. The summed E-state index contributed by atoms with van der Waals surface area (Å²) < 4.78 is 6.01. The van der Waals surface area contributed by atoms with Crippen LogP contribution in [0.1, 0.15) is 11.1 Å². The minimum absolute atomic E-state index is 0.879. The summed E-state index contributed by atoms with van der Waals surface area (Å²) in [6.07, 6.45) is 2.07. The molecule has 0 aliphatic heterocycles. The van der Waals surface area contributed by atoms with Gasteiger partial charge in [0.2, 0.25) is 0 Å². The zero-order chi connectivity index (χ0) is 17.9. The summed E-state index contributed by atoms with van der Waals surface area (Å²) in [6, 6.07) is 24.6. The molecule has 3 heteroatoms. The van der Waals surface area contributed by atoms with E-state index in [1.165, 1.54) is 0 Å². The Morgan fingerprint density at radius 2 is 1.58 bits per heavy atom. The molecule has 3 aromatic carbocycles. The molecule has 0 saturated heterocycles. The molecule has 0 atom stereocenters. The monoisotopic (exact) mass is 340 g/mol. The van der Waals surface area contributed by atoms with Crippen molar-refractivity contribution in [3.05, 3.63) is 90.0 Å². The predicted molar refractivity (Wildman–Crippen MR) is 110 cm³/mol. The molecular formula is C23H20N2O. The van der Waals surface area contributed by atoms with Crippen molar-refractivity contribution in [2.24, 2.45) is 4.99 Å². The predicted octanol–water partition coefficient (Wildman–Crippen LogP) is 5.27. The van der Waals surface area contributed by atoms with E-state index in [-0.39, 0.29) is 0 Å². The van der Waals surface area contributed by atoms with Crippen LogP contribution in [0.5, 0.6) is 0 Å². The van der Waals surface area contributed by atoms with Crippen LogP contribution in [-0.4, -0.2) is 19.8 Å². The SMILES string of the molecule is CN=C(/C=C(\NC)c1ccccc1)c1ccc2c(c1)oc1ccccc12. The van der Waals surface area contributed by atoms with Crippen LogP contribution in [0.3, 0.4) is 0 Å². The van der Waals surface area contributed by atoms with E-state index in [0.717, 1.165) is 44.5 Å². The van der Waals surface area contributed by atoms with Gasteiger partial charge in [-0.1, -0.05) is 54.6 Å². The number of nitrogens with zero attached hydrogens (tertiary/aromatic N) is 1. The average molecular weight is 340 g/mol. The number of rotatable bonds is 4. The van der Waals surface area contributed by atoms with Crippen LogP contribution < -0.4 is 5.32 Å². The zero-order valence-electron chi connectivity index (χ0n) is 14.9. The number of hydrogen-bond donors (Lipinski definition) is 1. The van der Waals surface area contributed by atoms with Crippen molar-refractivity contribution in [1.29, 1.82) is 0 Å². The van der Waals surface area contributed by atoms with Crippen LogP contribution in [0, 0.1) is 0 Å². The van der Waals surface area contributed by atoms with Crippen molar-refractivity contribution >= 4 is 33.3 Å². The molecule has 0 aliphatic carbocycles. The highest BCUT2D eigenvalue weighted by atomic mass is 16.3.